The highest BCUT2D eigenvalue weighted by Gasteiger charge is 2.07. The van der Waals surface area contributed by atoms with Gasteiger partial charge in [-0.3, -0.25) is 0 Å². The van der Waals surface area contributed by atoms with Crippen LogP contribution in [0.25, 0.3) is 11.0 Å². The Balaban J connectivity index is 1.90. The first-order valence-corrected chi connectivity index (χ1v) is 6.65. The van der Waals surface area contributed by atoms with Crippen LogP contribution in [0.2, 0.25) is 0 Å². The van der Waals surface area contributed by atoms with Gasteiger partial charge < -0.3 is 15.5 Å². The lowest BCUT2D eigenvalue weighted by Crippen LogP contribution is -1.88. The number of aromatic amines is 1. The summed E-state index contributed by atoms with van der Waals surface area (Å²) in [5.74, 6) is 2.91. The fourth-order valence-corrected chi connectivity index (χ4v) is 2.02. The molecule has 4 heteroatoms. The second-order valence-corrected chi connectivity index (χ2v) is 5.13. The highest BCUT2D eigenvalue weighted by Crippen LogP contribution is 2.26. The van der Waals surface area contributed by atoms with Gasteiger partial charge in [-0.25, -0.2) is 4.98 Å². The third kappa shape index (κ3) is 2.45. The Bertz CT molecular complexity index is 729. The maximum absolute atomic E-state index is 5.81. The molecule has 0 bridgehead atoms. The van der Waals surface area contributed by atoms with E-state index in [0.717, 1.165) is 34.0 Å². The van der Waals surface area contributed by atoms with Crippen LogP contribution in [0, 0.1) is 0 Å². The van der Waals surface area contributed by atoms with Gasteiger partial charge in [0.2, 0.25) is 0 Å². The molecule has 0 aliphatic carbocycles. The van der Waals surface area contributed by atoms with Crippen LogP contribution in [0.5, 0.6) is 11.5 Å². The standard InChI is InChI=1S/C16H17N3O/c1-10(2)16-18-14-8-7-13(9-15(14)19-16)20-12-5-3-11(17)4-6-12/h3-10H,17H2,1-2H3,(H,18,19). The number of ether oxygens (including phenoxy) is 1. The lowest BCUT2D eigenvalue weighted by molar-refractivity contribution is 0.483. The number of benzene rings is 2. The second-order valence-electron chi connectivity index (χ2n) is 5.13. The normalized spacial score (nSPS) is 11.2. The van der Waals surface area contributed by atoms with Gasteiger partial charge in [-0.05, 0) is 36.4 Å². The maximum Gasteiger partial charge on any atom is 0.129 e. The minimum Gasteiger partial charge on any atom is -0.457 e. The predicted octanol–water partition coefficient (Wildman–Crippen LogP) is 4.06. The van der Waals surface area contributed by atoms with E-state index in [1.54, 1.807) is 0 Å². The van der Waals surface area contributed by atoms with Gasteiger partial charge in [0.25, 0.3) is 0 Å². The molecular formula is C16H17N3O. The molecule has 0 atom stereocenters. The van der Waals surface area contributed by atoms with Crippen LogP contribution in [-0.2, 0) is 0 Å². The summed E-state index contributed by atoms with van der Waals surface area (Å²) in [5.41, 5.74) is 8.33. The van der Waals surface area contributed by atoms with Crippen molar-refractivity contribution in [1.29, 1.82) is 0 Å². The third-order valence-corrected chi connectivity index (χ3v) is 3.13. The number of hydrogen-bond donors (Lipinski definition) is 2. The molecule has 0 radical (unpaired) electrons. The zero-order valence-corrected chi connectivity index (χ0v) is 11.6. The summed E-state index contributed by atoms with van der Waals surface area (Å²) in [6.07, 6.45) is 0. The minimum atomic E-state index is 0.379. The van der Waals surface area contributed by atoms with Crippen LogP contribution in [0.4, 0.5) is 5.69 Å². The van der Waals surface area contributed by atoms with E-state index in [2.05, 4.69) is 23.8 Å². The number of nitrogens with two attached hydrogens (primary N) is 1. The van der Waals surface area contributed by atoms with Gasteiger partial charge in [-0.2, -0.15) is 0 Å². The molecule has 0 spiro atoms. The number of nitrogens with one attached hydrogen (secondary N) is 1. The van der Waals surface area contributed by atoms with E-state index in [0.29, 0.717) is 5.92 Å². The van der Waals surface area contributed by atoms with E-state index in [-0.39, 0.29) is 0 Å². The summed E-state index contributed by atoms with van der Waals surface area (Å²) < 4.78 is 5.81. The molecule has 20 heavy (non-hydrogen) atoms. The van der Waals surface area contributed by atoms with Crippen molar-refractivity contribution < 1.29 is 4.74 Å². The van der Waals surface area contributed by atoms with Crippen LogP contribution in [0.15, 0.2) is 42.5 Å². The summed E-state index contributed by atoms with van der Waals surface area (Å²) in [5, 5.41) is 0. The number of hydrogen-bond acceptors (Lipinski definition) is 3. The molecule has 0 unspecified atom stereocenters. The van der Waals surface area contributed by atoms with E-state index in [1.807, 2.05) is 42.5 Å². The summed E-state index contributed by atoms with van der Waals surface area (Å²) >= 11 is 0. The minimum absolute atomic E-state index is 0.379. The monoisotopic (exact) mass is 267 g/mol. The average Bonchev–Trinajstić information content (AvgIpc) is 2.85. The van der Waals surface area contributed by atoms with E-state index < -0.39 is 0 Å². The van der Waals surface area contributed by atoms with Crippen molar-refractivity contribution >= 4 is 16.7 Å². The van der Waals surface area contributed by atoms with Crippen molar-refractivity contribution in [3.8, 4) is 11.5 Å². The van der Waals surface area contributed by atoms with Crippen molar-refractivity contribution in [2.45, 2.75) is 19.8 Å². The first-order chi connectivity index (χ1) is 9.61. The first kappa shape index (κ1) is 12.5. The molecule has 3 rings (SSSR count). The zero-order valence-electron chi connectivity index (χ0n) is 11.6. The van der Waals surface area contributed by atoms with Crippen molar-refractivity contribution in [3.05, 3.63) is 48.3 Å². The molecule has 0 saturated heterocycles. The molecule has 0 aliphatic heterocycles. The Labute approximate surface area is 117 Å². The molecule has 3 N–H and O–H groups in total. The highest BCUT2D eigenvalue weighted by molar-refractivity contribution is 5.77. The van der Waals surface area contributed by atoms with Crippen molar-refractivity contribution in [2.75, 3.05) is 5.73 Å². The first-order valence-electron chi connectivity index (χ1n) is 6.65. The van der Waals surface area contributed by atoms with Gasteiger partial charge in [0, 0.05) is 17.7 Å². The number of nitrogen functional groups attached to an aromatic ring is 1. The van der Waals surface area contributed by atoms with E-state index >= 15 is 0 Å². The predicted molar refractivity (Wildman–Crippen MR) is 81.1 cm³/mol. The maximum atomic E-state index is 5.81. The Kier molecular flexibility index (Phi) is 3.06. The molecule has 1 aromatic heterocycles. The number of fused-ring (bicyclic) bond motifs is 1. The van der Waals surface area contributed by atoms with Gasteiger partial charge in [0.05, 0.1) is 11.0 Å². The summed E-state index contributed by atoms with van der Waals surface area (Å²) in [6, 6.07) is 13.2. The number of anilines is 1. The number of aromatic nitrogens is 2. The van der Waals surface area contributed by atoms with Crippen LogP contribution in [-0.4, -0.2) is 9.97 Å². The van der Waals surface area contributed by atoms with Gasteiger partial charge in [0.15, 0.2) is 0 Å². The van der Waals surface area contributed by atoms with Gasteiger partial charge >= 0.3 is 0 Å². The SMILES string of the molecule is CC(C)c1nc2ccc(Oc3ccc(N)cc3)cc2[nH]1. The molecule has 102 valence electrons. The van der Waals surface area contributed by atoms with E-state index in [1.165, 1.54) is 0 Å². The number of H-pyrrole nitrogens is 1. The molecule has 0 fully saturated rings. The molecule has 1 heterocycles. The van der Waals surface area contributed by atoms with Crippen LogP contribution in [0.1, 0.15) is 25.6 Å². The van der Waals surface area contributed by atoms with E-state index in [4.69, 9.17) is 10.5 Å². The summed E-state index contributed by atoms with van der Waals surface area (Å²) in [4.78, 5) is 7.86. The van der Waals surface area contributed by atoms with Gasteiger partial charge in [0.1, 0.15) is 17.3 Å². The lowest BCUT2D eigenvalue weighted by Gasteiger charge is -2.05. The van der Waals surface area contributed by atoms with Crippen LogP contribution in [0.3, 0.4) is 0 Å². The van der Waals surface area contributed by atoms with Crippen LogP contribution < -0.4 is 10.5 Å². The van der Waals surface area contributed by atoms with Crippen molar-refractivity contribution in [2.24, 2.45) is 0 Å². The number of imidazole rings is 1. The molecule has 0 saturated carbocycles. The van der Waals surface area contributed by atoms with E-state index in [9.17, 15) is 0 Å². The summed E-state index contributed by atoms with van der Waals surface area (Å²) in [7, 11) is 0. The Morgan fingerprint density at radius 1 is 1.05 bits per heavy atom. The lowest BCUT2D eigenvalue weighted by atomic mass is 10.2. The fraction of sp³-hybridized carbons (Fsp3) is 0.188. The fourth-order valence-electron chi connectivity index (χ4n) is 2.02. The average molecular weight is 267 g/mol. The Morgan fingerprint density at radius 3 is 2.45 bits per heavy atom. The zero-order chi connectivity index (χ0) is 14.1. The Hall–Kier alpha value is -2.49. The third-order valence-electron chi connectivity index (χ3n) is 3.13. The quantitative estimate of drug-likeness (QED) is 0.703. The molecule has 2 aromatic carbocycles. The van der Waals surface area contributed by atoms with Gasteiger partial charge in [-0.15, -0.1) is 0 Å². The molecule has 4 nitrogen and oxygen atoms in total. The topological polar surface area (TPSA) is 63.9 Å². The Morgan fingerprint density at radius 2 is 1.75 bits per heavy atom. The molecule has 0 aliphatic rings. The van der Waals surface area contributed by atoms with Gasteiger partial charge in [-0.1, -0.05) is 13.8 Å². The smallest absolute Gasteiger partial charge is 0.129 e. The van der Waals surface area contributed by atoms with Crippen molar-refractivity contribution in [3.63, 3.8) is 0 Å². The molecular weight excluding hydrogens is 250 g/mol. The highest BCUT2D eigenvalue weighted by atomic mass is 16.5. The molecule has 3 aromatic rings. The number of rotatable bonds is 3. The van der Waals surface area contributed by atoms with Crippen LogP contribution >= 0.6 is 0 Å². The number of nitrogens with zero attached hydrogens (tertiary/aromatic N) is 1. The van der Waals surface area contributed by atoms with Crippen molar-refractivity contribution in [1.82, 2.24) is 9.97 Å². The largest absolute Gasteiger partial charge is 0.457 e. The molecule has 0 amide bonds. The summed E-state index contributed by atoms with van der Waals surface area (Å²) in [6.45, 7) is 4.23. The second kappa shape index (κ2) is 4.89.